The van der Waals surface area contributed by atoms with E-state index >= 15 is 0 Å². The molecule has 1 heterocycles. The van der Waals surface area contributed by atoms with Crippen LogP contribution in [0.1, 0.15) is 16.1 Å². The van der Waals surface area contributed by atoms with Gasteiger partial charge >= 0.3 is 5.97 Å². The third-order valence-corrected chi connectivity index (χ3v) is 2.77. The molecule has 1 aromatic heterocycles. The lowest BCUT2D eigenvalue weighted by molar-refractivity contribution is 0.0688. The Bertz CT molecular complexity index is 627. The van der Waals surface area contributed by atoms with Crippen LogP contribution in [0, 0.1) is 5.82 Å². The normalized spacial score (nSPS) is 10.7. The van der Waals surface area contributed by atoms with E-state index < -0.39 is 11.8 Å². The van der Waals surface area contributed by atoms with E-state index in [1.807, 2.05) is 0 Å². The van der Waals surface area contributed by atoms with Crippen LogP contribution in [0.3, 0.4) is 0 Å². The second-order valence-electron chi connectivity index (χ2n) is 3.82. The van der Waals surface area contributed by atoms with Crippen molar-refractivity contribution in [2.24, 2.45) is 0 Å². The molecule has 19 heavy (non-hydrogen) atoms. The van der Waals surface area contributed by atoms with Crippen molar-refractivity contribution in [1.29, 1.82) is 0 Å². The predicted molar refractivity (Wildman–Crippen MR) is 66.3 cm³/mol. The highest BCUT2D eigenvalue weighted by molar-refractivity contribution is 6.30. The van der Waals surface area contributed by atoms with Crippen LogP contribution in [-0.2, 0) is 6.42 Å². The SMILES string of the molecule is O=C(O)c1nn(-c2ccc(Cl)cc2F)cc1CCO. The average Bonchev–Trinajstić information content (AvgIpc) is 2.73. The summed E-state index contributed by atoms with van der Waals surface area (Å²) in [7, 11) is 0. The second-order valence-corrected chi connectivity index (χ2v) is 4.26. The number of carboxylic acid groups (broad SMARTS) is 1. The second kappa shape index (κ2) is 5.38. The van der Waals surface area contributed by atoms with E-state index in [-0.39, 0.29) is 29.4 Å². The molecule has 0 spiro atoms. The molecule has 2 N–H and O–H groups in total. The van der Waals surface area contributed by atoms with Crippen LogP contribution >= 0.6 is 11.6 Å². The van der Waals surface area contributed by atoms with Crippen molar-refractivity contribution >= 4 is 17.6 Å². The van der Waals surface area contributed by atoms with Crippen LogP contribution in [0.15, 0.2) is 24.4 Å². The molecule has 5 nitrogen and oxygen atoms in total. The molecule has 1 aromatic carbocycles. The van der Waals surface area contributed by atoms with Crippen molar-refractivity contribution < 1.29 is 19.4 Å². The van der Waals surface area contributed by atoms with Gasteiger partial charge < -0.3 is 10.2 Å². The Balaban J connectivity index is 2.50. The van der Waals surface area contributed by atoms with E-state index in [1.165, 1.54) is 18.3 Å². The number of carboxylic acids is 1. The van der Waals surface area contributed by atoms with Crippen molar-refractivity contribution in [2.75, 3.05) is 6.61 Å². The van der Waals surface area contributed by atoms with E-state index in [0.29, 0.717) is 5.56 Å². The number of benzene rings is 1. The van der Waals surface area contributed by atoms with Gasteiger partial charge in [0.25, 0.3) is 0 Å². The summed E-state index contributed by atoms with van der Waals surface area (Å²) in [6.07, 6.45) is 1.52. The minimum Gasteiger partial charge on any atom is -0.476 e. The molecular formula is C12H10ClFN2O3. The molecule has 7 heteroatoms. The largest absolute Gasteiger partial charge is 0.476 e. The quantitative estimate of drug-likeness (QED) is 0.899. The predicted octanol–water partition coefficient (Wildman–Crippen LogP) is 1.90. The molecule has 0 fully saturated rings. The van der Waals surface area contributed by atoms with Crippen molar-refractivity contribution in [3.63, 3.8) is 0 Å². The van der Waals surface area contributed by atoms with Gasteiger partial charge in [0.05, 0.1) is 0 Å². The zero-order valence-corrected chi connectivity index (χ0v) is 10.4. The van der Waals surface area contributed by atoms with Gasteiger partial charge in [0.15, 0.2) is 5.69 Å². The number of aromatic nitrogens is 2. The number of carbonyl (C=O) groups is 1. The fourth-order valence-electron chi connectivity index (χ4n) is 1.68. The number of rotatable bonds is 4. The van der Waals surface area contributed by atoms with E-state index in [9.17, 15) is 9.18 Å². The minimum absolute atomic E-state index is 0.0936. The molecule has 0 aliphatic carbocycles. The summed E-state index contributed by atoms with van der Waals surface area (Å²) in [5, 5.41) is 21.9. The molecule has 2 aromatic rings. The first-order valence-electron chi connectivity index (χ1n) is 5.41. The Morgan fingerprint density at radius 2 is 2.21 bits per heavy atom. The molecule has 0 aliphatic rings. The van der Waals surface area contributed by atoms with Crippen LogP contribution < -0.4 is 0 Å². The summed E-state index contributed by atoms with van der Waals surface area (Å²) in [4.78, 5) is 11.0. The fraction of sp³-hybridized carbons (Fsp3) is 0.167. The highest BCUT2D eigenvalue weighted by Crippen LogP contribution is 2.19. The Morgan fingerprint density at radius 1 is 1.47 bits per heavy atom. The molecule has 0 aliphatic heterocycles. The number of hydrogen-bond donors (Lipinski definition) is 2. The van der Waals surface area contributed by atoms with Gasteiger partial charge in [-0.3, -0.25) is 0 Å². The van der Waals surface area contributed by atoms with Gasteiger partial charge in [0.2, 0.25) is 0 Å². The molecule has 100 valence electrons. The first kappa shape index (κ1) is 13.5. The molecule has 0 bridgehead atoms. The van der Waals surface area contributed by atoms with E-state index in [1.54, 1.807) is 0 Å². The third kappa shape index (κ3) is 2.74. The summed E-state index contributed by atoms with van der Waals surface area (Å²) in [6, 6.07) is 4.00. The van der Waals surface area contributed by atoms with Crippen LogP contribution in [0.2, 0.25) is 5.02 Å². The lowest BCUT2D eigenvalue weighted by Crippen LogP contribution is -2.04. The minimum atomic E-state index is -1.23. The van der Waals surface area contributed by atoms with Crippen LogP contribution in [0.4, 0.5) is 4.39 Å². The molecule has 2 rings (SSSR count). The monoisotopic (exact) mass is 284 g/mol. The first-order chi connectivity index (χ1) is 9.02. The third-order valence-electron chi connectivity index (χ3n) is 2.53. The lowest BCUT2D eigenvalue weighted by Gasteiger charge is -2.02. The van der Waals surface area contributed by atoms with Gasteiger partial charge in [-0.25, -0.2) is 13.9 Å². The van der Waals surface area contributed by atoms with Crippen molar-refractivity contribution in [3.8, 4) is 5.69 Å². The van der Waals surface area contributed by atoms with Crippen LogP contribution in [0.25, 0.3) is 5.69 Å². The maximum absolute atomic E-state index is 13.7. The highest BCUT2D eigenvalue weighted by Gasteiger charge is 2.17. The number of aliphatic hydroxyl groups is 1. The summed E-state index contributed by atoms with van der Waals surface area (Å²) >= 11 is 5.64. The Kier molecular flexibility index (Phi) is 3.82. The van der Waals surface area contributed by atoms with Gasteiger partial charge in [-0.2, -0.15) is 5.10 Å². The lowest BCUT2D eigenvalue weighted by atomic mass is 10.2. The van der Waals surface area contributed by atoms with Crippen LogP contribution in [-0.4, -0.2) is 32.6 Å². The summed E-state index contributed by atoms with van der Waals surface area (Å²) in [6.45, 7) is -0.213. The Labute approximate surface area is 112 Å². The standard InChI is InChI=1S/C12H10ClFN2O3/c13-8-1-2-10(9(14)5-8)16-6-7(3-4-17)11(15-16)12(18)19/h1-2,5-6,17H,3-4H2,(H,18,19). The zero-order valence-electron chi connectivity index (χ0n) is 9.68. The van der Waals surface area contributed by atoms with E-state index in [2.05, 4.69) is 5.10 Å². The number of halogens is 2. The van der Waals surface area contributed by atoms with Gasteiger partial charge in [-0.05, 0) is 24.6 Å². The van der Waals surface area contributed by atoms with Crippen molar-refractivity contribution in [1.82, 2.24) is 9.78 Å². The average molecular weight is 285 g/mol. The molecule has 0 unspecified atom stereocenters. The number of aliphatic hydroxyl groups excluding tert-OH is 1. The molecular weight excluding hydrogens is 275 g/mol. The van der Waals surface area contributed by atoms with Crippen LogP contribution in [0.5, 0.6) is 0 Å². The highest BCUT2D eigenvalue weighted by atomic mass is 35.5. The van der Waals surface area contributed by atoms with E-state index in [4.69, 9.17) is 21.8 Å². The fourth-order valence-corrected chi connectivity index (χ4v) is 1.84. The zero-order chi connectivity index (χ0) is 14.0. The Hall–Kier alpha value is -1.92. The summed E-state index contributed by atoms with van der Waals surface area (Å²) < 4.78 is 14.8. The molecule has 0 amide bonds. The maximum Gasteiger partial charge on any atom is 0.356 e. The topological polar surface area (TPSA) is 75.3 Å². The summed E-state index contributed by atoms with van der Waals surface area (Å²) in [5.74, 6) is -1.83. The van der Waals surface area contributed by atoms with Crippen molar-refractivity contribution in [2.45, 2.75) is 6.42 Å². The van der Waals surface area contributed by atoms with Gasteiger partial charge in [-0.1, -0.05) is 11.6 Å². The maximum atomic E-state index is 13.7. The van der Waals surface area contributed by atoms with E-state index in [0.717, 1.165) is 10.7 Å². The summed E-state index contributed by atoms with van der Waals surface area (Å²) in [5.41, 5.74) is 0.226. The van der Waals surface area contributed by atoms with Crippen molar-refractivity contribution in [3.05, 3.63) is 46.5 Å². The molecule has 0 radical (unpaired) electrons. The molecule has 0 saturated carbocycles. The number of aromatic carboxylic acids is 1. The number of nitrogens with zero attached hydrogens (tertiary/aromatic N) is 2. The smallest absolute Gasteiger partial charge is 0.356 e. The number of hydrogen-bond acceptors (Lipinski definition) is 3. The van der Waals surface area contributed by atoms with Gasteiger partial charge in [0.1, 0.15) is 11.5 Å². The first-order valence-corrected chi connectivity index (χ1v) is 5.79. The molecule has 0 saturated heterocycles. The van der Waals surface area contributed by atoms with Gasteiger partial charge in [0, 0.05) is 23.4 Å². The Morgan fingerprint density at radius 3 is 2.79 bits per heavy atom. The van der Waals surface area contributed by atoms with Gasteiger partial charge in [-0.15, -0.1) is 0 Å². The molecule has 0 atom stereocenters.